The molecular formula is C12H16ClNO2. The predicted octanol–water partition coefficient (Wildman–Crippen LogP) is 2.94. The quantitative estimate of drug-likeness (QED) is 0.879. The molecule has 0 bridgehead atoms. The normalized spacial score (nSPS) is 16.0. The Kier molecular flexibility index (Phi) is 3.56. The minimum Gasteiger partial charge on any atom is -0.489 e. The van der Waals surface area contributed by atoms with E-state index in [-0.39, 0.29) is 6.10 Å². The van der Waals surface area contributed by atoms with E-state index in [9.17, 15) is 0 Å². The van der Waals surface area contributed by atoms with Crippen molar-refractivity contribution < 1.29 is 9.47 Å². The first-order valence-electron chi connectivity index (χ1n) is 5.45. The summed E-state index contributed by atoms with van der Waals surface area (Å²) in [6.45, 7) is 5.49. The fourth-order valence-corrected chi connectivity index (χ4v) is 1.72. The average Bonchev–Trinajstić information content (AvgIpc) is 2.15. The Morgan fingerprint density at radius 2 is 2.19 bits per heavy atom. The van der Waals surface area contributed by atoms with Gasteiger partial charge in [-0.3, -0.25) is 0 Å². The zero-order valence-corrected chi connectivity index (χ0v) is 10.3. The van der Waals surface area contributed by atoms with E-state index in [4.69, 9.17) is 21.1 Å². The van der Waals surface area contributed by atoms with Crippen molar-refractivity contribution in [1.82, 2.24) is 0 Å². The van der Waals surface area contributed by atoms with Gasteiger partial charge in [0.2, 0.25) is 0 Å². The summed E-state index contributed by atoms with van der Waals surface area (Å²) in [6, 6.07) is 6.16. The summed E-state index contributed by atoms with van der Waals surface area (Å²) in [7, 11) is 0. The van der Waals surface area contributed by atoms with Crippen LogP contribution in [0, 0.1) is 0 Å². The van der Waals surface area contributed by atoms with Crippen molar-refractivity contribution in [2.24, 2.45) is 0 Å². The fraction of sp³-hybridized carbons (Fsp3) is 0.500. The van der Waals surface area contributed by atoms with Crippen LogP contribution in [-0.2, 0) is 4.74 Å². The Balaban J connectivity index is 2.03. The van der Waals surface area contributed by atoms with Gasteiger partial charge in [-0.1, -0.05) is 11.6 Å². The summed E-state index contributed by atoms with van der Waals surface area (Å²) in [4.78, 5) is 0. The lowest BCUT2D eigenvalue weighted by Crippen LogP contribution is -2.40. The van der Waals surface area contributed by atoms with Gasteiger partial charge in [-0.25, -0.2) is 0 Å². The summed E-state index contributed by atoms with van der Waals surface area (Å²) in [5.74, 6) is 0.729. The molecule has 0 radical (unpaired) electrons. The van der Waals surface area contributed by atoms with E-state index in [1.54, 1.807) is 0 Å². The molecule has 1 heterocycles. The van der Waals surface area contributed by atoms with Gasteiger partial charge in [0.15, 0.2) is 0 Å². The highest BCUT2D eigenvalue weighted by molar-refractivity contribution is 6.32. The summed E-state index contributed by atoms with van der Waals surface area (Å²) in [6.07, 6.45) is 0.136. The first kappa shape index (κ1) is 11.6. The molecule has 0 aliphatic carbocycles. The number of benzene rings is 1. The van der Waals surface area contributed by atoms with Gasteiger partial charge in [-0.05, 0) is 32.0 Å². The van der Waals surface area contributed by atoms with Crippen molar-refractivity contribution in [3.05, 3.63) is 23.2 Å². The van der Waals surface area contributed by atoms with Crippen molar-refractivity contribution in [3.63, 3.8) is 0 Å². The Hall–Kier alpha value is -0.930. The number of hydrogen-bond donors (Lipinski definition) is 1. The first-order chi connectivity index (χ1) is 7.65. The highest BCUT2D eigenvalue weighted by Crippen LogP contribution is 2.29. The third-order valence-electron chi connectivity index (χ3n) is 2.30. The maximum atomic E-state index is 6.12. The van der Waals surface area contributed by atoms with Crippen LogP contribution in [0.2, 0.25) is 5.02 Å². The molecular weight excluding hydrogens is 226 g/mol. The number of hydrogen-bond acceptors (Lipinski definition) is 3. The van der Waals surface area contributed by atoms with E-state index < -0.39 is 0 Å². The molecule has 0 spiro atoms. The molecule has 1 aliphatic heterocycles. The molecule has 2 rings (SSSR count). The van der Waals surface area contributed by atoms with Crippen molar-refractivity contribution in [1.29, 1.82) is 0 Å². The molecule has 1 N–H and O–H groups in total. The number of nitrogens with one attached hydrogen (secondary N) is 1. The van der Waals surface area contributed by atoms with Gasteiger partial charge in [0.25, 0.3) is 0 Å². The molecule has 0 atom stereocenters. The number of rotatable bonds is 4. The molecule has 4 heteroatoms. The predicted molar refractivity (Wildman–Crippen MR) is 65.4 cm³/mol. The van der Waals surface area contributed by atoms with Gasteiger partial charge in [-0.15, -0.1) is 0 Å². The number of halogens is 1. The zero-order valence-electron chi connectivity index (χ0n) is 9.50. The highest BCUT2D eigenvalue weighted by Gasteiger charge is 2.18. The summed E-state index contributed by atoms with van der Waals surface area (Å²) >= 11 is 6.12. The summed E-state index contributed by atoms with van der Waals surface area (Å²) in [5, 5.41) is 3.97. The van der Waals surface area contributed by atoms with Gasteiger partial charge in [0, 0.05) is 5.69 Å². The SMILES string of the molecule is CC(C)Oc1ccc(NC2COC2)cc1Cl. The van der Waals surface area contributed by atoms with Gasteiger partial charge >= 0.3 is 0 Å². The molecule has 0 aromatic heterocycles. The van der Waals surface area contributed by atoms with Gasteiger partial charge in [0.1, 0.15) is 5.75 Å². The van der Waals surface area contributed by atoms with E-state index in [1.807, 2.05) is 32.0 Å². The topological polar surface area (TPSA) is 30.5 Å². The minimum absolute atomic E-state index is 0.136. The molecule has 1 aliphatic rings. The summed E-state index contributed by atoms with van der Waals surface area (Å²) < 4.78 is 10.7. The van der Waals surface area contributed by atoms with Gasteiger partial charge in [0.05, 0.1) is 30.4 Å². The van der Waals surface area contributed by atoms with Crippen molar-refractivity contribution in [2.45, 2.75) is 26.0 Å². The van der Waals surface area contributed by atoms with Crippen LogP contribution in [0.4, 0.5) is 5.69 Å². The zero-order chi connectivity index (χ0) is 11.5. The Morgan fingerprint density at radius 3 is 2.69 bits per heavy atom. The first-order valence-corrected chi connectivity index (χ1v) is 5.83. The van der Waals surface area contributed by atoms with Crippen molar-refractivity contribution in [3.8, 4) is 5.75 Å². The second kappa shape index (κ2) is 4.93. The number of anilines is 1. The molecule has 0 unspecified atom stereocenters. The average molecular weight is 242 g/mol. The van der Waals surface area contributed by atoms with Crippen LogP contribution in [0.15, 0.2) is 18.2 Å². The Bertz CT molecular complexity index is 364. The maximum absolute atomic E-state index is 6.12. The van der Waals surface area contributed by atoms with Crippen LogP contribution in [-0.4, -0.2) is 25.4 Å². The van der Waals surface area contributed by atoms with E-state index in [0.717, 1.165) is 24.7 Å². The Morgan fingerprint density at radius 1 is 1.44 bits per heavy atom. The second-order valence-electron chi connectivity index (χ2n) is 4.19. The fourth-order valence-electron chi connectivity index (χ4n) is 1.49. The van der Waals surface area contributed by atoms with Gasteiger partial charge in [-0.2, -0.15) is 0 Å². The molecule has 1 fully saturated rings. The monoisotopic (exact) mass is 241 g/mol. The molecule has 16 heavy (non-hydrogen) atoms. The third kappa shape index (κ3) is 2.80. The molecule has 3 nitrogen and oxygen atoms in total. The van der Waals surface area contributed by atoms with Crippen LogP contribution in [0.1, 0.15) is 13.8 Å². The summed E-state index contributed by atoms with van der Waals surface area (Å²) in [5.41, 5.74) is 1.01. The van der Waals surface area contributed by atoms with Crippen LogP contribution in [0.3, 0.4) is 0 Å². The van der Waals surface area contributed by atoms with Crippen LogP contribution >= 0.6 is 11.6 Å². The van der Waals surface area contributed by atoms with E-state index >= 15 is 0 Å². The van der Waals surface area contributed by atoms with E-state index in [2.05, 4.69) is 5.32 Å². The molecule has 0 amide bonds. The molecule has 1 aromatic rings. The highest BCUT2D eigenvalue weighted by atomic mass is 35.5. The molecule has 0 saturated carbocycles. The minimum atomic E-state index is 0.136. The number of ether oxygens (including phenoxy) is 2. The van der Waals surface area contributed by atoms with E-state index in [0.29, 0.717) is 11.1 Å². The van der Waals surface area contributed by atoms with Crippen LogP contribution in [0.5, 0.6) is 5.75 Å². The van der Waals surface area contributed by atoms with Crippen LogP contribution < -0.4 is 10.1 Å². The van der Waals surface area contributed by atoms with Crippen molar-refractivity contribution in [2.75, 3.05) is 18.5 Å². The standard InChI is InChI=1S/C12H16ClNO2/c1-8(2)16-12-4-3-9(5-11(12)13)14-10-6-15-7-10/h3-5,8,10,14H,6-7H2,1-2H3. The lowest BCUT2D eigenvalue weighted by atomic mass is 10.2. The smallest absolute Gasteiger partial charge is 0.138 e. The third-order valence-corrected chi connectivity index (χ3v) is 2.60. The van der Waals surface area contributed by atoms with Crippen LogP contribution in [0.25, 0.3) is 0 Å². The maximum Gasteiger partial charge on any atom is 0.138 e. The molecule has 1 aromatic carbocycles. The van der Waals surface area contributed by atoms with Gasteiger partial charge < -0.3 is 14.8 Å². The molecule has 1 saturated heterocycles. The Labute approximate surface area is 101 Å². The largest absolute Gasteiger partial charge is 0.489 e. The lowest BCUT2D eigenvalue weighted by Gasteiger charge is -2.28. The van der Waals surface area contributed by atoms with E-state index in [1.165, 1.54) is 0 Å². The van der Waals surface area contributed by atoms with Crippen molar-refractivity contribution >= 4 is 17.3 Å². The molecule has 88 valence electrons. The lowest BCUT2D eigenvalue weighted by molar-refractivity contribution is 0.0211. The second-order valence-corrected chi connectivity index (χ2v) is 4.60.